The molecule has 19 heavy (non-hydrogen) atoms. The molecule has 5 heteroatoms. The van der Waals surface area contributed by atoms with Crippen LogP contribution >= 0.6 is 0 Å². The van der Waals surface area contributed by atoms with Crippen LogP contribution in [0.15, 0.2) is 12.1 Å². The maximum atomic E-state index is 13.5. The summed E-state index contributed by atoms with van der Waals surface area (Å²) >= 11 is 0. The van der Waals surface area contributed by atoms with Gasteiger partial charge >= 0.3 is 0 Å². The van der Waals surface area contributed by atoms with Gasteiger partial charge in [0.15, 0.2) is 17.3 Å². The Balaban J connectivity index is 1.86. The van der Waals surface area contributed by atoms with Gasteiger partial charge in [0.05, 0.1) is 20.3 Å². The van der Waals surface area contributed by atoms with Crippen molar-refractivity contribution in [3.05, 3.63) is 23.5 Å². The van der Waals surface area contributed by atoms with Crippen molar-refractivity contribution in [1.29, 1.82) is 0 Å². The van der Waals surface area contributed by atoms with Gasteiger partial charge in [0.25, 0.3) is 0 Å². The summed E-state index contributed by atoms with van der Waals surface area (Å²) in [6.45, 7) is 4.50. The number of morpholine rings is 1. The predicted octanol–water partition coefficient (Wildman–Crippen LogP) is 1.80. The summed E-state index contributed by atoms with van der Waals surface area (Å²) in [4.78, 5) is 2.34. The summed E-state index contributed by atoms with van der Waals surface area (Å²) in [5.41, 5.74) is 0.848. The summed E-state index contributed by atoms with van der Waals surface area (Å²) in [6, 6.07) is 3.06. The predicted molar refractivity (Wildman–Crippen MR) is 70.2 cm³/mol. The van der Waals surface area contributed by atoms with E-state index in [1.54, 1.807) is 6.07 Å². The highest BCUT2D eigenvalue weighted by molar-refractivity contribution is 5.43. The molecule has 1 saturated heterocycles. The average molecular weight is 269 g/mol. The van der Waals surface area contributed by atoms with E-state index in [1.807, 2.05) is 0 Å². The lowest BCUT2D eigenvalue weighted by molar-refractivity contribution is 0.0374. The summed E-state index contributed by atoms with van der Waals surface area (Å²) < 4.78 is 23.7. The van der Waals surface area contributed by atoms with E-state index >= 15 is 0 Å². The molecule has 0 saturated carbocycles. The van der Waals surface area contributed by atoms with Gasteiger partial charge in [-0.25, -0.2) is 4.39 Å². The smallest absolute Gasteiger partial charge is 0.194 e. The third-order valence-corrected chi connectivity index (χ3v) is 3.35. The van der Waals surface area contributed by atoms with Gasteiger partial charge in [-0.1, -0.05) is 0 Å². The number of phenolic OH excluding ortho intramolecular Hbond substituents is 1. The molecule has 106 valence electrons. The van der Waals surface area contributed by atoms with Crippen molar-refractivity contribution in [2.45, 2.75) is 12.8 Å². The largest absolute Gasteiger partial charge is 0.502 e. The van der Waals surface area contributed by atoms with Crippen LogP contribution in [0.5, 0.6) is 11.5 Å². The normalized spacial score (nSPS) is 16.5. The monoisotopic (exact) mass is 269 g/mol. The van der Waals surface area contributed by atoms with Crippen LogP contribution in [0.1, 0.15) is 12.0 Å². The van der Waals surface area contributed by atoms with Crippen LogP contribution in [0.2, 0.25) is 0 Å². The molecule has 1 fully saturated rings. The summed E-state index contributed by atoms with van der Waals surface area (Å²) in [5, 5.41) is 9.43. The standard InChI is InChI=1S/C14H20FNO3/c1-18-13-10-11(9-12(15)14(13)17)3-2-4-16-5-7-19-8-6-16/h9-10,17H,2-8H2,1H3. The summed E-state index contributed by atoms with van der Waals surface area (Å²) in [6.07, 6.45) is 1.72. The highest BCUT2D eigenvalue weighted by atomic mass is 19.1. The molecule has 0 unspecified atom stereocenters. The lowest BCUT2D eigenvalue weighted by Gasteiger charge is -2.26. The Morgan fingerprint density at radius 3 is 2.79 bits per heavy atom. The van der Waals surface area contributed by atoms with Crippen LogP contribution in [-0.4, -0.2) is 50.0 Å². The summed E-state index contributed by atoms with van der Waals surface area (Å²) in [5.74, 6) is -0.846. The number of ether oxygens (including phenoxy) is 2. The minimum absolute atomic E-state index is 0.196. The molecule has 0 radical (unpaired) electrons. The molecule has 0 atom stereocenters. The molecule has 0 spiro atoms. The van der Waals surface area contributed by atoms with Gasteiger partial charge in [-0.3, -0.25) is 4.90 Å². The van der Waals surface area contributed by atoms with Gasteiger partial charge in [0.2, 0.25) is 0 Å². The van der Waals surface area contributed by atoms with Crippen molar-refractivity contribution in [2.24, 2.45) is 0 Å². The van der Waals surface area contributed by atoms with Crippen LogP contribution in [0.4, 0.5) is 4.39 Å². The van der Waals surface area contributed by atoms with Crippen LogP contribution < -0.4 is 4.74 Å². The van der Waals surface area contributed by atoms with Gasteiger partial charge in [0, 0.05) is 13.1 Å². The molecule has 1 aromatic rings. The third kappa shape index (κ3) is 3.81. The van der Waals surface area contributed by atoms with E-state index in [0.717, 1.165) is 51.3 Å². The molecule has 0 aromatic heterocycles. The number of aromatic hydroxyl groups is 1. The van der Waals surface area contributed by atoms with E-state index in [0.29, 0.717) is 0 Å². The molecule has 1 aliphatic heterocycles. The van der Waals surface area contributed by atoms with E-state index in [-0.39, 0.29) is 5.75 Å². The van der Waals surface area contributed by atoms with E-state index < -0.39 is 11.6 Å². The lowest BCUT2D eigenvalue weighted by Crippen LogP contribution is -2.36. The maximum Gasteiger partial charge on any atom is 0.194 e. The molecule has 1 aromatic carbocycles. The minimum atomic E-state index is -0.624. The fraction of sp³-hybridized carbons (Fsp3) is 0.571. The first-order valence-electron chi connectivity index (χ1n) is 6.56. The fourth-order valence-corrected chi connectivity index (χ4v) is 2.26. The second-order valence-corrected chi connectivity index (χ2v) is 4.69. The van der Waals surface area contributed by atoms with Crippen molar-refractivity contribution in [2.75, 3.05) is 40.0 Å². The van der Waals surface area contributed by atoms with E-state index in [2.05, 4.69) is 4.90 Å². The van der Waals surface area contributed by atoms with Crippen molar-refractivity contribution in [1.82, 2.24) is 4.90 Å². The molecular weight excluding hydrogens is 249 g/mol. The molecular formula is C14H20FNO3. The Labute approximate surface area is 112 Å². The Morgan fingerprint density at radius 2 is 2.11 bits per heavy atom. The van der Waals surface area contributed by atoms with Crippen LogP contribution in [-0.2, 0) is 11.2 Å². The molecule has 0 amide bonds. The number of halogens is 1. The highest BCUT2D eigenvalue weighted by Crippen LogP contribution is 2.30. The van der Waals surface area contributed by atoms with E-state index in [9.17, 15) is 9.50 Å². The number of phenols is 1. The number of hydrogen-bond donors (Lipinski definition) is 1. The first kappa shape index (κ1) is 14.1. The Morgan fingerprint density at radius 1 is 1.37 bits per heavy atom. The van der Waals surface area contributed by atoms with Crippen molar-refractivity contribution < 1.29 is 19.0 Å². The maximum absolute atomic E-state index is 13.5. The number of methoxy groups -OCH3 is 1. The second kappa shape index (κ2) is 6.73. The molecule has 4 nitrogen and oxygen atoms in total. The van der Waals surface area contributed by atoms with Crippen molar-refractivity contribution >= 4 is 0 Å². The topological polar surface area (TPSA) is 41.9 Å². The Bertz CT molecular complexity index is 419. The van der Waals surface area contributed by atoms with E-state index in [4.69, 9.17) is 9.47 Å². The molecule has 1 heterocycles. The first-order chi connectivity index (χ1) is 9.20. The number of hydrogen-bond acceptors (Lipinski definition) is 4. The molecule has 2 rings (SSSR count). The Hall–Kier alpha value is -1.33. The zero-order valence-electron chi connectivity index (χ0n) is 11.2. The molecule has 0 bridgehead atoms. The van der Waals surface area contributed by atoms with Crippen molar-refractivity contribution in [3.8, 4) is 11.5 Å². The highest BCUT2D eigenvalue weighted by Gasteiger charge is 2.12. The van der Waals surface area contributed by atoms with Gasteiger partial charge in [-0.2, -0.15) is 0 Å². The van der Waals surface area contributed by atoms with Crippen LogP contribution in [0.3, 0.4) is 0 Å². The van der Waals surface area contributed by atoms with Gasteiger partial charge in [-0.15, -0.1) is 0 Å². The molecule has 0 aliphatic carbocycles. The van der Waals surface area contributed by atoms with Crippen LogP contribution in [0.25, 0.3) is 0 Å². The first-order valence-corrected chi connectivity index (χ1v) is 6.56. The minimum Gasteiger partial charge on any atom is -0.502 e. The number of nitrogens with zero attached hydrogens (tertiary/aromatic N) is 1. The molecule has 1 N–H and O–H groups in total. The van der Waals surface area contributed by atoms with Gasteiger partial charge < -0.3 is 14.6 Å². The number of rotatable bonds is 5. The quantitative estimate of drug-likeness (QED) is 0.885. The zero-order valence-corrected chi connectivity index (χ0v) is 11.2. The second-order valence-electron chi connectivity index (χ2n) is 4.69. The summed E-state index contributed by atoms with van der Waals surface area (Å²) in [7, 11) is 1.42. The third-order valence-electron chi connectivity index (χ3n) is 3.35. The van der Waals surface area contributed by atoms with E-state index in [1.165, 1.54) is 13.2 Å². The SMILES string of the molecule is COc1cc(CCCN2CCOCC2)cc(F)c1O. The van der Waals surface area contributed by atoms with Crippen LogP contribution in [0, 0.1) is 5.82 Å². The lowest BCUT2D eigenvalue weighted by atomic mass is 10.1. The Kier molecular flexibility index (Phi) is 4.99. The van der Waals surface area contributed by atoms with Crippen molar-refractivity contribution in [3.63, 3.8) is 0 Å². The molecule has 1 aliphatic rings. The zero-order chi connectivity index (χ0) is 13.7. The number of aryl methyl sites for hydroxylation is 1. The fourth-order valence-electron chi connectivity index (χ4n) is 2.26. The average Bonchev–Trinajstić information content (AvgIpc) is 2.43. The van der Waals surface area contributed by atoms with Gasteiger partial charge in [-0.05, 0) is 37.1 Å². The number of benzene rings is 1. The van der Waals surface area contributed by atoms with Gasteiger partial charge in [0.1, 0.15) is 0 Å².